The van der Waals surface area contributed by atoms with E-state index in [1.165, 1.54) is 11.3 Å². The van der Waals surface area contributed by atoms with Crippen molar-refractivity contribution in [1.29, 1.82) is 0 Å². The molecule has 0 unspecified atom stereocenters. The zero-order valence-electron chi connectivity index (χ0n) is 12.0. The molecule has 0 bridgehead atoms. The first kappa shape index (κ1) is 16.5. The monoisotopic (exact) mass is 388 g/mol. The second-order valence-electron chi connectivity index (χ2n) is 4.76. The third kappa shape index (κ3) is 3.66. The molecule has 4 nitrogen and oxygen atoms in total. The molecule has 7 heteroatoms. The van der Waals surface area contributed by atoms with Crippen molar-refractivity contribution in [3.05, 3.63) is 44.1 Å². The van der Waals surface area contributed by atoms with E-state index in [2.05, 4.69) is 26.0 Å². The van der Waals surface area contributed by atoms with Crippen LogP contribution in [0.1, 0.15) is 16.0 Å². The third-order valence-corrected chi connectivity index (χ3v) is 6.01. The number of hydrogen-bond acceptors (Lipinski definition) is 4. The van der Waals surface area contributed by atoms with Gasteiger partial charge in [0.25, 0.3) is 10.0 Å². The van der Waals surface area contributed by atoms with Gasteiger partial charge in [-0.25, -0.2) is 8.42 Å². The van der Waals surface area contributed by atoms with Crippen LogP contribution in [0.5, 0.6) is 0 Å². The number of thiophene rings is 1. The number of rotatable bonds is 5. The molecule has 0 aliphatic rings. The van der Waals surface area contributed by atoms with Gasteiger partial charge in [0, 0.05) is 15.9 Å². The molecule has 2 N–H and O–H groups in total. The maximum Gasteiger partial charge on any atom is 0.263 e. The minimum atomic E-state index is -3.58. The summed E-state index contributed by atoms with van der Waals surface area (Å²) in [6.07, 6.45) is 0. The number of hydrogen-bond donors (Lipinski definition) is 2. The van der Waals surface area contributed by atoms with Crippen molar-refractivity contribution >= 4 is 43.0 Å². The quantitative estimate of drug-likeness (QED) is 0.821. The smallest absolute Gasteiger partial charge is 0.263 e. The van der Waals surface area contributed by atoms with Crippen molar-refractivity contribution in [2.45, 2.75) is 25.3 Å². The fraction of sp³-hybridized carbons (Fsp3) is 0.286. The molecule has 2 aromatic rings. The average Bonchev–Trinajstić information content (AvgIpc) is 2.83. The maximum absolute atomic E-state index is 12.6. The van der Waals surface area contributed by atoms with Crippen LogP contribution in [0, 0.1) is 13.8 Å². The Morgan fingerprint density at radius 2 is 1.86 bits per heavy atom. The van der Waals surface area contributed by atoms with Crippen LogP contribution in [0.25, 0.3) is 0 Å². The van der Waals surface area contributed by atoms with E-state index in [9.17, 15) is 8.42 Å². The van der Waals surface area contributed by atoms with Crippen LogP contribution in [0.2, 0.25) is 0 Å². The van der Waals surface area contributed by atoms with Crippen molar-refractivity contribution in [2.24, 2.45) is 0 Å². The minimum absolute atomic E-state index is 0.337. The lowest BCUT2D eigenvalue weighted by molar-refractivity contribution is 0.600. The van der Waals surface area contributed by atoms with E-state index < -0.39 is 10.0 Å². The lowest BCUT2D eigenvalue weighted by Gasteiger charge is -2.14. The first-order valence-corrected chi connectivity index (χ1v) is 9.51. The van der Waals surface area contributed by atoms with Crippen LogP contribution in [-0.2, 0) is 16.6 Å². The maximum atomic E-state index is 12.6. The van der Waals surface area contributed by atoms with Gasteiger partial charge in [-0.15, -0.1) is 11.3 Å². The zero-order valence-corrected chi connectivity index (χ0v) is 15.2. The van der Waals surface area contributed by atoms with Crippen LogP contribution >= 0.6 is 27.3 Å². The van der Waals surface area contributed by atoms with Gasteiger partial charge in [0.1, 0.15) is 4.90 Å². The van der Waals surface area contributed by atoms with E-state index >= 15 is 0 Å². The highest BCUT2D eigenvalue weighted by atomic mass is 79.9. The number of nitrogens with one attached hydrogen (secondary N) is 2. The third-order valence-electron chi connectivity index (χ3n) is 3.07. The molecule has 1 aromatic carbocycles. The molecule has 21 heavy (non-hydrogen) atoms. The lowest BCUT2D eigenvalue weighted by atomic mass is 10.1. The molecule has 2 rings (SSSR count). The molecule has 0 amide bonds. The largest absolute Gasteiger partial charge is 0.315 e. The summed E-state index contributed by atoms with van der Waals surface area (Å²) in [6, 6.07) is 5.43. The molecule has 0 spiro atoms. The van der Waals surface area contributed by atoms with Gasteiger partial charge < -0.3 is 5.32 Å². The predicted octanol–water partition coefficient (Wildman–Crippen LogP) is 3.65. The molecule has 0 aliphatic carbocycles. The molecular formula is C14H17BrN2O2S2. The standard InChI is InChI=1S/C14H17BrN2O2S2/c1-9-6-11(15)7-10(2)14(9)17-21(18,19)13-4-5-20-12(13)8-16-3/h4-7,16-17H,8H2,1-3H3. The normalized spacial score (nSPS) is 11.6. The molecular weight excluding hydrogens is 372 g/mol. The van der Waals surface area contributed by atoms with Crippen molar-refractivity contribution in [3.8, 4) is 0 Å². The van der Waals surface area contributed by atoms with Gasteiger partial charge in [-0.3, -0.25) is 4.72 Å². The second-order valence-corrected chi connectivity index (χ2v) is 8.33. The molecule has 0 radical (unpaired) electrons. The number of aryl methyl sites for hydroxylation is 2. The summed E-state index contributed by atoms with van der Waals surface area (Å²) in [5, 5.41) is 4.78. The van der Waals surface area contributed by atoms with Gasteiger partial charge in [0.2, 0.25) is 0 Å². The summed E-state index contributed by atoms with van der Waals surface area (Å²) in [4.78, 5) is 1.14. The first-order valence-electron chi connectivity index (χ1n) is 6.35. The highest BCUT2D eigenvalue weighted by molar-refractivity contribution is 9.10. The Kier molecular flexibility index (Phi) is 5.08. The molecule has 1 heterocycles. The van der Waals surface area contributed by atoms with Crippen molar-refractivity contribution in [2.75, 3.05) is 11.8 Å². The average molecular weight is 389 g/mol. The van der Waals surface area contributed by atoms with Crippen LogP contribution in [-0.4, -0.2) is 15.5 Å². The Morgan fingerprint density at radius 1 is 1.24 bits per heavy atom. The van der Waals surface area contributed by atoms with E-state index in [4.69, 9.17) is 0 Å². The predicted molar refractivity (Wildman–Crippen MR) is 91.5 cm³/mol. The number of halogens is 1. The van der Waals surface area contributed by atoms with Crippen LogP contribution in [0.15, 0.2) is 32.9 Å². The molecule has 114 valence electrons. The Hall–Kier alpha value is -0.890. The highest BCUT2D eigenvalue weighted by Crippen LogP contribution is 2.29. The van der Waals surface area contributed by atoms with Crippen LogP contribution in [0.4, 0.5) is 5.69 Å². The summed E-state index contributed by atoms with van der Waals surface area (Å²) in [5.74, 6) is 0. The topological polar surface area (TPSA) is 58.2 Å². The molecule has 0 saturated heterocycles. The molecule has 0 saturated carbocycles. The molecule has 1 aromatic heterocycles. The second kappa shape index (κ2) is 6.48. The Balaban J connectivity index is 2.40. The van der Waals surface area contributed by atoms with Crippen molar-refractivity contribution < 1.29 is 8.42 Å². The minimum Gasteiger partial charge on any atom is -0.315 e. The van der Waals surface area contributed by atoms with Gasteiger partial charge in [0.05, 0.1) is 5.69 Å². The number of benzene rings is 1. The van der Waals surface area contributed by atoms with Gasteiger partial charge in [-0.1, -0.05) is 15.9 Å². The van der Waals surface area contributed by atoms with E-state index in [1.54, 1.807) is 18.5 Å². The Morgan fingerprint density at radius 3 is 2.43 bits per heavy atom. The summed E-state index contributed by atoms with van der Waals surface area (Å²) in [6.45, 7) is 4.31. The van der Waals surface area contributed by atoms with Crippen molar-refractivity contribution in [1.82, 2.24) is 5.32 Å². The van der Waals surface area contributed by atoms with Gasteiger partial charge in [-0.2, -0.15) is 0 Å². The van der Waals surface area contributed by atoms with Gasteiger partial charge in [0.15, 0.2) is 0 Å². The summed E-state index contributed by atoms with van der Waals surface area (Å²) >= 11 is 4.85. The molecule has 0 aliphatic heterocycles. The fourth-order valence-corrected chi connectivity index (χ4v) is 5.47. The number of sulfonamides is 1. The fourth-order valence-electron chi connectivity index (χ4n) is 2.12. The SMILES string of the molecule is CNCc1sccc1S(=O)(=O)Nc1c(C)cc(Br)cc1C. The van der Waals surface area contributed by atoms with E-state index in [0.717, 1.165) is 20.5 Å². The highest BCUT2D eigenvalue weighted by Gasteiger charge is 2.21. The van der Waals surface area contributed by atoms with Crippen LogP contribution < -0.4 is 10.0 Å². The molecule has 0 fully saturated rings. The first-order chi connectivity index (χ1) is 9.85. The summed E-state index contributed by atoms with van der Waals surface area (Å²) < 4.78 is 28.9. The zero-order chi connectivity index (χ0) is 15.6. The van der Waals surface area contributed by atoms with Gasteiger partial charge in [-0.05, 0) is 55.6 Å². The van der Waals surface area contributed by atoms with Gasteiger partial charge >= 0.3 is 0 Å². The van der Waals surface area contributed by atoms with E-state index in [-0.39, 0.29) is 0 Å². The number of anilines is 1. The lowest BCUT2D eigenvalue weighted by Crippen LogP contribution is -2.17. The Labute approximate surface area is 137 Å². The van der Waals surface area contributed by atoms with Crippen LogP contribution in [0.3, 0.4) is 0 Å². The van der Waals surface area contributed by atoms with E-state index in [1.807, 2.05) is 26.0 Å². The summed E-state index contributed by atoms with van der Waals surface area (Å²) in [5.41, 5.74) is 2.41. The van der Waals surface area contributed by atoms with E-state index in [0.29, 0.717) is 17.1 Å². The summed E-state index contributed by atoms with van der Waals surface area (Å²) in [7, 11) is -1.78. The Bertz CT molecular complexity index is 731. The van der Waals surface area contributed by atoms with Crippen molar-refractivity contribution in [3.63, 3.8) is 0 Å². The molecule has 0 atom stereocenters.